The molecule has 0 bridgehead atoms. The summed E-state index contributed by atoms with van der Waals surface area (Å²) in [7, 11) is 3.11. The molecule has 0 heterocycles. The predicted octanol–water partition coefficient (Wildman–Crippen LogP) is 3.69. The zero-order valence-electron chi connectivity index (χ0n) is 12.5. The molecule has 2 aromatic carbocycles. The normalized spacial score (nSPS) is 12.0. The third-order valence-electron chi connectivity index (χ3n) is 3.42. The van der Waals surface area contributed by atoms with Gasteiger partial charge in [-0.25, -0.2) is 4.39 Å². The van der Waals surface area contributed by atoms with Crippen LogP contribution in [0.5, 0.6) is 11.5 Å². The average molecular weight is 289 g/mol. The van der Waals surface area contributed by atoms with Crippen LogP contribution in [-0.2, 0) is 6.54 Å². The lowest BCUT2D eigenvalue weighted by molar-refractivity contribution is 0.386. The number of rotatable bonds is 6. The second-order valence-electron chi connectivity index (χ2n) is 4.85. The highest BCUT2D eigenvalue weighted by atomic mass is 19.1. The average Bonchev–Trinajstić information content (AvgIpc) is 2.52. The largest absolute Gasteiger partial charge is 0.497 e. The van der Waals surface area contributed by atoms with Gasteiger partial charge in [-0.3, -0.25) is 0 Å². The molecule has 1 N–H and O–H groups in total. The SMILES string of the molecule is COc1cccc(C(C)NCc2ccc(OC)c(F)c2)c1. The Labute approximate surface area is 124 Å². The van der Waals surface area contributed by atoms with E-state index in [0.29, 0.717) is 6.54 Å². The quantitative estimate of drug-likeness (QED) is 0.879. The molecule has 4 heteroatoms. The molecule has 0 saturated heterocycles. The summed E-state index contributed by atoms with van der Waals surface area (Å²) >= 11 is 0. The van der Waals surface area contributed by atoms with Gasteiger partial charge in [0.1, 0.15) is 5.75 Å². The maximum Gasteiger partial charge on any atom is 0.165 e. The molecule has 3 nitrogen and oxygen atoms in total. The molecular formula is C17H20FNO2. The molecule has 0 aliphatic heterocycles. The molecular weight excluding hydrogens is 269 g/mol. The molecule has 0 aliphatic carbocycles. The molecule has 112 valence electrons. The minimum absolute atomic E-state index is 0.144. The van der Waals surface area contributed by atoms with Crippen LogP contribution in [0.1, 0.15) is 24.1 Å². The Morgan fingerprint density at radius 1 is 1.10 bits per heavy atom. The third-order valence-corrected chi connectivity index (χ3v) is 3.42. The van der Waals surface area contributed by atoms with Crippen LogP contribution in [0.4, 0.5) is 4.39 Å². The van der Waals surface area contributed by atoms with Gasteiger partial charge in [0, 0.05) is 12.6 Å². The fraction of sp³-hybridized carbons (Fsp3) is 0.294. The molecule has 0 fully saturated rings. The summed E-state index contributed by atoms with van der Waals surface area (Å²) in [5, 5.41) is 3.37. The van der Waals surface area contributed by atoms with Crippen LogP contribution < -0.4 is 14.8 Å². The monoisotopic (exact) mass is 289 g/mol. The van der Waals surface area contributed by atoms with E-state index in [0.717, 1.165) is 16.9 Å². The number of benzene rings is 2. The van der Waals surface area contributed by atoms with Gasteiger partial charge in [-0.2, -0.15) is 0 Å². The lowest BCUT2D eigenvalue weighted by Crippen LogP contribution is -2.18. The number of ether oxygens (including phenoxy) is 2. The summed E-state index contributed by atoms with van der Waals surface area (Å²) in [4.78, 5) is 0. The van der Waals surface area contributed by atoms with Crippen molar-refractivity contribution < 1.29 is 13.9 Å². The summed E-state index contributed by atoms with van der Waals surface area (Å²) in [5.41, 5.74) is 2.01. The number of nitrogens with one attached hydrogen (secondary N) is 1. The molecule has 0 spiro atoms. The minimum Gasteiger partial charge on any atom is -0.497 e. The first-order valence-electron chi connectivity index (χ1n) is 6.83. The van der Waals surface area contributed by atoms with Gasteiger partial charge in [-0.1, -0.05) is 18.2 Å². The van der Waals surface area contributed by atoms with Gasteiger partial charge in [0.15, 0.2) is 11.6 Å². The van der Waals surface area contributed by atoms with Gasteiger partial charge >= 0.3 is 0 Å². The molecule has 1 unspecified atom stereocenters. The second kappa shape index (κ2) is 7.09. The molecule has 2 rings (SSSR count). The Balaban J connectivity index is 2.00. The molecule has 0 aliphatic rings. The lowest BCUT2D eigenvalue weighted by atomic mass is 10.1. The Hall–Kier alpha value is -2.07. The van der Waals surface area contributed by atoms with Crippen LogP contribution >= 0.6 is 0 Å². The first kappa shape index (κ1) is 15.3. The molecule has 0 amide bonds. The molecule has 21 heavy (non-hydrogen) atoms. The van der Waals surface area contributed by atoms with E-state index in [1.54, 1.807) is 13.2 Å². The summed E-state index contributed by atoms with van der Waals surface area (Å²) in [6, 6.07) is 13.0. The molecule has 0 aromatic heterocycles. The van der Waals surface area contributed by atoms with Crippen molar-refractivity contribution in [3.8, 4) is 11.5 Å². The van der Waals surface area contributed by atoms with E-state index in [-0.39, 0.29) is 17.6 Å². The van der Waals surface area contributed by atoms with E-state index in [1.165, 1.54) is 13.2 Å². The number of hydrogen-bond donors (Lipinski definition) is 1. The second-order valence-corrected chi connectivity index (χ2v) is 4.85. The number of methoxy groups -OCH3 is 2. The lowest BCUT2D eigenvalue weighted by Gasteiger charge is -2.15. The first-order chi connectivity index (χ1) is 10.1. The van der Waals surface area contributed by atoms with Crippen molar-refractivity contribution in [3.63, 3.8) is 0 Å². The van der Waals surface area contributed by atoms with Crippen molar-refractivity contribution in [3.05, 3.63) is 59.4 Å². The molecule has 1 atom stereocenters. The van der Waals surface area contributed by atoms with Crippen LogP contribution in [0, 0.1) is 5.82 Å². The van der Waals surface area contributed by atoms with Crippen LogP contribution in [0.3, 0.4) is 0 Å². The first-order valence-corrected chi connectivity index (χ1v) is 6.83. The van der Waals surface area contributed by atoms with Crippen molar-refractivity contribution in [2.24, 2.45) is 0 Å². The zero-order valence-corrected chi connectivity index (χ0v) is 12.5. The molecule has 0 saturated carbocycles. The van der Waals surface area contributed by atoms with E-state index in [1.807, 2.05) is 30.3 Å². The highest BCUT2D eigenvalue weighted by Gasteiger charge is 2.08. The zero-order chi connectivity index (χ0) is 15.2. The summed E-state index contributed by atoms with van der Waals surface area (Å²) in [6.07, 6.45) is 0. The Morgan fingerprint density at radius 2 is 1.90 bits per heavy atom. The van der Waals surface area contributed by atoms with Crippen LogP contribution in [0.25, 0.3) is 0 Å². The fourth-order valence-electron chi connectivity index (χ4n) is 2.12. The molecule has 2 aromatic rings. The van der Waals surface area contributed by atoms with Crippen molar-refractivity contribution in [2.75, 3.05) is 14.2 Å². The van der Waals surface area contributed by atoms with E-state index >= 15 is 0 Å². The van der Waals surface area contributed by atoms with Crippen LogP contribution in [0.15, 0.2) is 42.5 Å². The van der Waals surface area contributed by atoms with Crippen molar-refractivity contribution in [2.45, 2.75) is 19.5 Å². The highest BCUT2D eigenvalue weighted by molar-refractivity contribution is 5.31. The smallest absolute Gasteiger partial charge is 0.165 e. The van der Waals surface area contributed by atoms with Crippen molar-refractivity contribution >= 4 is 0 Å². The van der Waals surface area contributed by atoms with E-state index in [4.69, 9.17) is 9.47 Å². The van der Waals surface area contributed by atoms with Gasteiger partial charge in [-0.05, 0) is 42.3 Å². The fourth-order valence-corrected chi connectivity index (χ4v) is 2.12. The van der Waals surface area contributed by atoms with Gasteiger partial charge in [0.05, 0.1) is 14.2 Å². The predicted molar refractivity (Wildman–Crippen MR) is 81.2 cm³/mol. The topological polar surface area (TPSA) is 30.5 Å². The van der Waals surface area contributed by atoms with Gasteiger partial charge in [0.25, 0.3) is 0 Å². The summed E-state index contributed by atoms with van der Waals surface area (Å²) < 4.78 is 23.8. The maximum absolute atomic E-state index is 13.6. The summed E-state index contributed by atoms with van der Waals surface area (Å²) in [6.45, 7) is 2.65. The van der Waals surface area contributed by atoms with Gasteiger partial charge in [-0.15, -0.1) is 0 Å². The van der Waals surface area contributed by atoms with Crippen LogP contribution in [-0.4, -0.2) is 14.2 Å². The van der Waals surface area contributed by atoms with Crippen LogP contribution in [0.2, 0.25) is 0 Å². The van der Waals surface area contributed by atoms with E-state index < -0.39 is 0 Å². The number of halogens is 1. The Kier molecular flexibility index (Phi) is 5.17. The highest BCUT2D eigenvalue weighted by Crippen LogP contribution is 2.20. The van der Waals surface area contributed by atoms with Crippen molar-refractivity contribution in [1.29, 1.82) is 0 Å². The van der Waals surface area contributed by atoms with Gasteiger partial charge in [0.2, 0.25) is 0 Å². The Bertz CT molecular complexity index is 601. The molecule has 0 radical (unpaired) electrons. The minimum atomic E-state index is -0.342. The maximum atomic E-state index is 13.6. The van der Waals surface area contributed by atoms with Gasteiger partial charge < -0.3 is 14.8 Å². The van der Waals surface area contributed by atoms with Crippen molar-refractivity contribution in [1.82, 2.24) is 5.32 Å². The Morgan fingerprint density at radius 3 is 2.57 bits per heavy atom. The number of hydrogen-bond acceptors (Lipinski definition) is 3. The third kappa shape index (κ3) is 3.95. The summed E-state index contributed by atoms with van der Waals surface area (Å²) in [5.74, 6) is 0.752. The van der Waals surface area contributed by atoms with E-state index in [9.17, 15) is 4.39 Å². The standard InChI is InChI=1S/C17H20FNO2/c1-12(14-5-4-6-15(10-14)20-2)19-11-13-7-8-17(21-3)16(18)9-13/h4-10,12,19H,11H2,1-3H3. The van der Waals surface area contributed by atoms with E-state index in [2.05, 4.69) is 12.2 Å².